The van der Waals surface area contributed by atoms with Crippen LogP contribution in [-0.4, -0.2) is 54.9 Å². The van der Waals surface area contributed by atoms with Crippen molar-refractivity contribution in [2.75, 3.05) is 26.2 Å². The van der Waals surface area contributed by atoms with E-state index in [1.165, 1.54) is 0 Å². The highest BCUT2D eigenvalue weighted by Gasteiger charge is 2.27. The van der Waals surface area contributed by atoms with Gasteiger partial charge in [0.2, 0.25) is 0 Å². The number of piperidine rings is 1. The number of amides is 3. The lowest BCUT2D eigenvalue weighted by Crippen LogP contribution is -2.50. The second kappa shape index (κ2) is 10.9. The summed E-state index contributed by atoms with van der Waals surface area (Å²) in [6, 6.07) is 5.28. The predicted octanol–water partition coefficient (Wildman–Crippen LogP) is 4.57. The molecule has 2 rings (SSSR count). The quantitative estimate of drug-likeness (QED) is 0.573. The first-order chi connectivity index (χ1) is 13.6. The second-order valence-electron chi connectivity index (χ2n) is 7.92. The molecule has 0 saturated carbocycles. The fraction of sp³-hybridized carbons (Fsp3) is 0.600. The highest BCUT2D eigenvalue weighted by Crippen LogP contribution is 2.27. The Hall–Kier alpha value is -1.67. The highest BCUT2D eigenvalue weighted by atomic mass is 79.9. The van der Waals surface area contributed by atoms with E-state index in [4.69, 9.17) is 21.1 Å². The molecule has 2 N–H and O–H groups in total. The number of likely N-dealkylation sites (tertiary alicyclic amines) is 1. The fourth-order valence-electron chi connectivity index (χ4n) is 2.82. The van der Waals surface area contributed by atoms with Crippen LogP contribution >= 0.6 is 27.5 Å². The zero-order valence-electron chi connectivity index (χ0n) is 17.1. The van der Waals surface area contributed by atoms with E-state index in [0.29, 0.717) is 56.3 Å². The Morgan fingerprint density at radius 2 is 1.97 bits per heavy atom. The Balaban J connectivity index is 1.58. The van der Waals surface area contributed by atoms with Crippen LogP contribution in [0.4, 0.5) is 9.59 Å². The minimum absolute atomic E-state index is 0.0477. The van der Waals surface area contributed by atoms with E-state index in [1.807, 2.05) is 26.8 Å². The van der Waals surface area contributed by atoms with E-state index in [1.54, 1.807) is 17.0 Å². The van der Waals surface area contributed by atoms with Crippen LogP contribution in [0.2, 0.25) is 5.02 Å². The Morgan fingerprint density at radius 3 is 2.59 bits per heavy atom. The molecule has 1 fully saturated rings. The summed E-state index contributed by atoms with van der Waals surface area (Å²) in [7, 11) is 0. The standard InChI is InChI=1S/C20H29BrClN3O4/c1-20(2,3)29-19(27)25-10-7-15(8-11-25)24-18(26)23-9-4-12-28-17-6-5-14(21)13-16(17)22/h5-6,13,15H,4,7-12H2,1-3H3,(H2,23,24,26). The van der Waals surface area contributed by atoms with E-state index >= 15 is 0 Å². The minimum Gasteiger partial charge on any atom is -0.492 e. The van der Waals surface area contributed by atoms with Crippen molar-refractivity contribution in [1.82, 2.24) is 15.5 Å². The molecule has 0 unspecified atom stereocenters. The zero-order chi connectivity index (χ0) is 21.4. The molecule has 0 spiro atoms. The van der Waals surface area contributed by atoms with Crippen LogP contribution in [0, 0.1) is 0 Å². The lowest BCUT2D eigenvalue weighted by molar-refractivity contribution is 0.0201. The number of carbonyl (C=O) groups excluding carboxylic acids is 2. The summed E-state index contributed by atoms with van der Waals surface area (Å²) in [5.41, 5.74) is -0.502. The smallest absolute Gasteiger partial charge is 0.410 e. The average molecular weight is 491 g/mol. The van der Waals surface area contributed by atoms with Crippen molar-refractivity contribution in [2.24, 2.45) is 0 Å². The van der Waals surface area contributed by atoms with Gasteiger partial charge in [-0.2, -0.15) is 0 Å². The molecule has 1 aromatic rings. The number of ether oxygens (including phenoxy) is 2. The fourth-order valence-corrected chi connectivity index (χ4v) is 3.55. The summed E-state index contributed by atoms with van der Waals surface area (Å²) < 4.78 is 11.9. The summed E-state index contributed by atoms with van der Waals surface area (Å²) in [6.07, 6.45) is 1.78. The van der Waals surface area contributed by atoms with Gasteiger partial charge in [0.25, 0.3) is 0 Å². The van der Waals surface area contributed by atoms with E-state index in [0.717, 1.165) is 4.47 Å². The largest absolute Gasteiger partial charge is 0.492 e. The van der Waals surface area contributed by atoms with Gasteiger partial charge in [-0.1, -0.05) is 27.5 Å². The first-order valence-electron chi connectivity index (χ1n) is 9.74. The third-order valence-electron chi connectivity index (χ3n) is 4.24. The molecule has 0 radical (unpaired) electrons. The maximum atomic E-state index is 12.1. The van der Waals surface area contributed by atoms with Gasteiger partial charge in [-0.15, -0.1) is 0 Å². The normalized spacial score (nSPS) is 15.0. The molecule has 0 aromatic heterocycles. The van der Waals surface area contributed by atoms with E-state index in [-0.39, 0.29) is 18.2 Å². The second-order valence-corrected chi connectivity index (χ2v) is 9.24. The van der Waals surface area contributed by atoms with Crippen LogP contribution in [0.5, 0.6) is 5.75 Å². The lowest BCUT2D eigenvalue weighted by Gasteiger charge is -2.33. The highest BCUT2D eigenvalue weighted by molar-refractivity contribution is 9.10. The molecule has 1 aliphatic heterocycles. The molecular formula is C20H29BrClN3O4. The number of hydrogen-bond donors (Lipinski definition) is 2. The van der Waals surface area contributed by atoms with Gasteiger partial charge in [-0.3, -0.25) is 0 Å². The monoisotopic (exact) mass is 489 g/mol. The molecular weight excluding hydrogens is 462 g/mol. The molecule has 1 aliphatic rings. The third kappa shape index (κ3) is 8.70. The van der Waals surface area contributed by atoms with Crippen molar-refractivity contribution in [1.29, 1.82) is 0 Å². The maximum absolute atomic E-state index is 12.1. The summed E-state index contributed by atoms with van der Waals surface area (Å²) in [6.45, 7) is 7.64. The van der Waals surface area contributed by atoms with Gasteiger partial charge in [0.15, 0.2) is 0 Å². The molecule has 29 heavy (non-hydrogen) atoms. The number of benzene rings is 1. The molecule has 1 aromatic carbocycles. The van der Waals surface area contributed by atoms with Gasteiger partial charge in [-0.05, 0) is 58.2 Å². The van der Waals surface area contributed by atoms with Crippen LogP contribution in [0.3, 0.4) is 0 Å². The number of nitrogens with one attached hydrogen (secondary N) is 2. The number of urea groups is 1. The van der Waals surface area contributed by atoms with Crippen molar-refractivity contribution < 1.29 is 19.1 Å². The predicted molar refractivity (Wildman–Crippen MR) is 117 cm³/mol. The number of nitrogens with zero attached hydrogens (tertiary/aromatic N) is 1. The van der Waals surface area contributed by atoms with E-state index in [2.05, 4.69) is 26.6 Å². The Bertz CT molecular complexity index is 703. The van der Waals surface area contributed by atoms with Crippen molar-refractivity contribution in [3.63, 3.8) is 0 Å². The van der Waals surface area contributed by atoms with Crippen molar-refractivity contribution >= 4 is 39.7 Å². The van der Waals surface area contributed by atoms with Gasteiger partial charge in [0.1, 0.15) is 11.4 Å². The number of hydrogen-bond acceptors (Lipinski definition) is 4. The molecule has 0 bridgehead atoms. The third-order valence-corrected chi connectivity index (χ3v) is 5.03. The molecule has 7 nitrogen and oxygen atoms in total. The van der Waals surface area contributed by atoms with Crippen LogP contribution in [0.1, 0.15) is 40.0 Å². The summed E-state index contributed by atoms with van der Waals surface area (Å²) in [4.78, 5) is 25.8. The molecule has 1 saturated heterocycles. The molecule has 1 heterocycles. The molecule has 3 amide bonds. The van der Waals surface area contributed by atoms with Crippen LogP contribution in [-0.2, 0) is 4.74 Å². The maximum Gasteiger partial charge on any atom is 0.410 e. The van der Waals surface area contributed by atoms with Crippen LogP contribution in [0.15, 0.2) is 22.7 Å². The number of carbonyl (C=O) groups is 2. The van der Waals surface area contributed by atoms with Crippen LogP contribution in [0.25, 0.3) is 0 Å². The van der Waals surface area contributed by atoms with Crippen molar-refractivity contribution in [3.05, 3.63) is 27.7 Å². The van der Waals surface area contributed by atoms with Gasteiger partial charge < -0.3 is 25.0 Å². The summed E-state index contributed by atoms with van der Waals surface area (Å²) in [5.74, 6) is 0.621. The van der Waals surface area contributed by atoms with E-state index < -0.39 is 5.60 Å². The SMILES string of the molecule is CC(C)(C)OC(=O)N1CCC(NC(=O)NCCCOc2ccc(Br)cc2Cl)CC1. The molecule has 9 heteroatoms. The first kappa shape index (κ1) is 23.6. The van der Waals surface area contributed by atoms with Crippen LogP contribution < -0.4 is 15.4 Å². The zero-order valence-corrected chi connectivity index (χ0v) is 19.4. The number of halogens is 2. The van der Waals surface area contributed by atoms with Crippen molar-refractivity contribution in [2.45, 2.75) is 51.7 Å². The molecule has 0 aliphatic carbocycles. The lowest BCUT2D eigenvalue weighted by atomic mass is 10.1. The molecule has 0 atom stereocenters. The van der Waals surface area contributed by atoms with Crippen molar-refractivity contribution in [3.8, 4) is 5.75 Å². The van der Waals surface area contributed by atoms with Gasteiger partial charge in [-0.25, -0.2) is 9.59 Å². The average Bonchev–Trinajstić information content (AvgIpc) is 2.62. The van der Waals surface area contributed by atoms with Gasteiger partial charge in [0.05, 0.1) is 11.6 Å². The Morgan fingerprint density at radius 1 is 1.28 bits per heavy atom. The summed E-state index contributed by atoms with van der Waals surface area (Å²) >= 11 is 9.44. The topological polar surface area (TPSA) is 79.9 Å². The van der Waals surface area contributed by atoms with Gasteiger partial charge in [0, 0.05) is 30.1 Å². The molecule has 162 valence electrons. The number of rotatable bonds is 6. The Labute approximate surface area is 185 Å². The Kier molecular flexibility index (Phi) is 8.89. The first-order valence-corrected chi connectivity index (χ1v) is 10.9. The summed E-state index contributed by atoms with van der Waals surface area (Å²) in [5, 5.41) is 6.33. The van der Waals surface area contributed by atoms with E-state index in [9.17, 15) is 9.59 Å². The minimum atomic E-state index is -0.502. The van der Waals surface area contributed by atoms with Gasteiger partial charge >= 0.3 is 12.1 Å².